The van der Waals surface area contributed by atoms with E-state index in [9.17, 15) is 0 Å². The van der Waals surface area contributed by atoms with E-state index in [0.717, 1.165) is 36.2 Å². The van der Waals surface area contributed by atoms with Crippen molar-refractivity contribution in [2.24, 2.45) is 5.73 Å². The molecule has 1 aromatic heterocycles. The van der Waals surface area contributed by atoms with Gasteiger partial charge in [-0.15, -0.1) is 10.2 Å². The number of likely N-dealkylation sites (tertiary alicyclic amines) is 1. The van der Waals surface area contributed by atoms with Crippen LogP contribution in [0.4, 0.5) is 0 Å². The molecule has 2 rings (SSSR count). The second-order valence-corrected chi connectivity index (χ2v) is 6.07. The fraction of sp³-hybridized carbons (Fsp3) is 0.846. The summed E-state index contributed by atoms with van der Waals surface area (Å²) < 4.78 is 2.17. The lowest BCUT2D eigenvalue weighted by Crippen LogP contribution is -2.31. The van der Waals surface area contributed by atoms with Crippen LogP contribution >= 0.6 is 11.8 Å². The van der Waals surface area contributed by atoms with Gasteiger partial charge >= 0.3 is 0 Å². The molecule has 0 radical (unpaired) electrons. The second kappa shape index (κ2) is 7.87. The summed E-state index contributed by atoms with van der Waals surface area (Å²) in [7, 11) is 0. The zero-order chi connectivity index (χ0) is 13.5. The van der Waals surface area contributed by atoms with Crippen LogP contribution in [-0.4, -0.2) is 45.1 Å². The predicted octanol–water partition coefficient (Wildman–Crippen LogP) is 1.72. The van der Waals surface area contributed by atoms with Gasteiger partial charge in [-0.2, -0.15) is 0 Å². The lowest BCUT2D eigenvalue weighted by molar-refractivity contribution is 0.242. The van der Waals surface area contributed by atoms with E-state index in [0.29, 0.717) is 6.54 Å². The molecule has 1 aromatic rings. The average Bonchev–Trinajstić information content (AvgIpc) is 2.83. The average molecular weight is 283 g/mol. The van der Waals surface area contributed by atoms with E-state index in [4.69, 9.17) is 5.73 Å². The topological polar surface area (TPSA) is 60.0 Å². The molecule has 1 aliphatic heterocycles. The van der Waals surface area contributed by atoms with E-state index in [2.05, 4.69) is 26.6 Å². The summed E-state index contributed by atoms with van der Waals surface area (Å²) >= 11 is 1.81. The van der Waals surface area contributed by atoms with Crippen LogP contribution < -0.4 is 5.73 Å². The molecule has 0 atom stereocenters. The third kappa shape index (κ3) is 4.19. The minimum Gasteiger partial charge on any atom is -0.324 e. The normalized spacial score (nSPS) is 16.9. The van der Waals surface area contributed by atoms with Crippen LogP contribution in [0, 0.1) is 0 Å². The number of thioether (sulfide) groups is 1. The Hall–Kier alpha value is -0.590. The molecule has 0 spiro atoms. The first-order valence-corrected chi connectivity index (χ1v) is 8.31. The van der Waals surface area contributed by atoms with Gasteiger partial charge in [-0.05, 0) is 32.4 Å². The molecule has 0 bridgehead atoms. The number of aromatic nitrogens is 3. The van der Waals surface area contributed by atoms with Crippen LogP contribution in [0.25, 0.3) is 0 Å². The number of nitrogens with two attached hydrogens (primary N) is 1. The maximum absolute atomic E-state index is 5.70. The number of piperidine rings is 1. The van der Waals surface area contributed by atoms with Gasteiger partial charge in [-0.25, -0.2) is 0 Å². The van der Waals surface area contributed by atoms with Crippen molar-refractivity contribution in [3.8, 4) is 0 Å². The monoisotopic (exact) mass is 283 g/mol. The van der Waals surface area contributed by atoms with Crippen molar-refractivity contribution in [3.05, 3.63) is 5.82 Å². The Kier molecular flexibility index (Phi) is 6.13. The first kappa shape index (κ1) is 14.8. The minimum atomic E-state index is 0.472. The van der Waals surface area contributed by atoms with Gasteiger partial charge in [0, 0.05) is 18.8 Å². The molecule has 108 valence electrons. The zero-order valence-electron chi connectivity index (χ0n) is 11.8. The summed E-state index contributed by atoms with van der Waals surface area (Å²) in [4.78, 5) is 2.56. The highest BCUT2D eigenvalue weighted by molar-refractivity contribution is 7.99. The van der Waals surface area contributed by atoms with Crippen LogP contribution in [0.1, 0.15) is 38.4 Å². The standard InChI is InChI=1S/C13H25N5S/c1-2-6-18-12(11-14)15-16-13(18)19-10-9-17-7-4-3-5-8-17/h2-11,14H2,1H3. The molecule has 6 heteroatoms. The summed E-state index contributed by atoms with van der Waals surface area (Å²) in [5.74, 6) is 1.99. The van der Waals surface area contributed by atoms with Gasteiger partial charge in [0.1, 0.15) is 5.82 Å². The Morgan fingerprint density at radius 2 is 1.95 bits per heavy atom. The molecule has 5 nitrogen and oxygen atoms in total. The molecule has 0 aliphatic carbocycles. The van der Waals surface area contributed by atoms with Crippen molar-refractivity contribution in [1.29, 1.82) is 0 Å². The quantitative estimate of drug-likeness (QED) is 0.772. The smallest absolute Gasteiger partial charge is 0.191 e. The third-order valence-corrected chi connectivity index (χ3v) is 4.46. The number of hydrogen-bond acceptors (Lipinski definition) is 5. The van der Waals surface area contributed by atoms with E-state index in [1.165, 1.54) is 32.4 Å². The molecular weight excluding hydrogens is 258 g/mol. The van der Waals surface area contributed by atoms with Gasteiger partial charge in [0.05, 0.1) is 6.54 Å². The first-order chi connectivity index (χ1) is 9.35. The fourth-order valence-electron chi connectivity index (χ4n) is 2.47. The van der Waals surface area contributed by atoms with Gasteiger partial charge in [0.15, 0.2) is 5.16 Å². The van der Waals surface area contributed by atoms with Crippen molar-refractivity contribution in [2.45, 2.75) is 50.9 Å². The lowest BCUT2D eigenvalue weighted by atomic mass is 10.1. The largest absolute Gasteiger partial charge is 0.324 e. The van der Waals surface area contributed by atoms with Crippen molar-refractivity contribution in [1.82, 2.24) is 19.7 Å². The Morgan fingerprint density at radius 1 is 1.16 bits per heavy atom. The molecule has 1 fully saturated rings. The molecule has 1 saturated heterocycles. The zero-order valence-corrected chi connectivity index (χ0v) is 12.7. The summed E-state index contributed by atoms with van der Waals surface area (Å²) in [6.45, 7) is 7.28. The van der Waals surface area contributed by atoms with E-state index >= 15 is 0 Å². The fourth-order valence-corrected chi connectivity index (χ4v) is 3.46. The Bertz CT molecular complexity index is 373. The summed E-state index contributed by atoms with van der Waals surface area (Å²) in [6, 6.07) is 0. The van der Waals surface area contributed by atoms with E-state index in [-0.39, 0.29) is 0 Å². The van der Waals surface area contributed by atoms with Crippen LogP contribution in [0.5, 0.6) is 0 Å². The molecule has 2 N–H and O–H groups in total. The number of nitrogens with zero attached hydrogens (tertiary/aromatic N) is 4. The first-order valence-electron chi connectivity index (χ1n) is 7.32. The van der Waals surface area contributed by atoms with E-state index in [1.54, 1.807) is 0 Å². The van der Waals surface area contributed by atoms with Gasteiger partial charge in [0.25, 0.3) is 0 Å². The van der Waals surface area contributed by atoms with Gasteiger partial charge in [-0.1, -0.05) is 25.1 Å². The molecule has 0 aromatic carbocycles. The molecular formula is C13H25N5S. The Morgan fingerprint density at radius 3 is 2.63 bits per heavy atom. The maximum atomic E-state index is 5.70. The Labute approximate surface area is 119 Å². The summed E-state index contributed by atoms with van der Waals surface area (Å²) in [6.07, 6.45) is 5.20. The maximum Gasteiger partial charge on any atom is 0.191 e. The molecule has 0 amide bonds. The van der Waals surface area contributed by atoms with Crippen molar-refractivity contribution >= 4 is 11.8 Å². The Balaban J connectivity index is 1.82. The SMILES string of the molecule is CCCn1c(CN)nnc1SCCN1CCCCC1. The van der Waals surface area contributed by atoms with Crippen LogP contribution in [0.15, 0.2) is 5.16 Å². The molecule has 1 aliphatic rings. The lowest BCUT2D eigenvalue weighted by Gasteiger charge is -2.25. The summed E-state index contributed by atoms with van der Waals surface area (Å²) in [5.41, 5.74) is 5.70. The molecule has 0 unspecified atom stereocenters. The highest BCUT2D eigenvalue weighted by atomic mass is 32.2. The predicted molar refractivity (Wildman–Crippen MR) is 79.2 cm³/mol. The minimum absolute atomic E-state index is 0.472. The third-order valence-electron chi connectivity index (χ3n) is 3.51. The van der Waals surface area contributed by atoms with Crippen LogP contribution in [0.2, 0.25) is 0 Å². The van der Waals surface area contributed by atoms with E-state index < -0.39 is 0 Å². The molecule has 19 heavy (non-hydrogen) atoms. The number of rotatable bonds is 7. The summed E-state index contributed by atoms with van der Waals surface area (Å²) in [5, 5.41) is 9.46. The highest BCUT2D eigenvalue weighted by Gasteiger charge is 2.13. The van der Waals surface area contributed by atoms with Crippen LogP contribution in [0.3, 0.4) is 0 Å². The van der Waals surface area contributed by atoms with Crippen molar-refractivity contribution in [2.75, 3.05) is 25.4 Å². The van der Waals surface area contributed by atoms with Crippen molar-refractivity contribution in [3.63, 3.8) is 0 Å². The highest BCUT2D eigenvalue weighted by Crippen LogP contribution is 2.18. The van der Waals surface area contributed by atoms with E-state index in [1.807, 2.05) is 11.8 Å². The molecule has 2 heterocycles. The van der Waals surface area contributed by atoms with Gasteiger partial charge in [-0.3, -0.25) is 0 Å². The van der Waals surface area contributed by atoms with Crippen molar-refractivity contribution < 1.29 is 0 Å². The van der Waals surface area contributed by atoms with Crippen LogP contribution in [-0.2, 0) is 13.1 Å². The number of hydrogen-bond donors (Lipinski definition) is 1. The van der Waals surface area contributed by atoms with Gasteiger partial charge in [0.2, 0.25) is 0 Å². The van der Waals surface area contributed by atoms with Gasteiger partial charge < -0.3 is 15.2 Å². The molecule has 0 saturated carbocycles. The second-order valence-electron chi connectivity index (χ2n) is 5.01.